The first kappa shape index (κ1) is 12.4. The zero-order valence-corrected chi connectivity index (χ0v) is 10.6. The maximum absolute atomic E-state index is 6.16. The molecule has 17 heavy (non-hydrogen) atoms. The Balaban J connectivity index is 2.00. The molecule has 2 rings (SSSR count). The molecule has 1 atom stereocenters. The van der Waals surface area contributed by atoms with Crippen LogP contribution in [-0.2, 0) is 4.74 Å². The molecule has 1 aliphatic carbocycles. The van der Waals surface area contributed by atoms with Crippen LogP contribution < -0.4 is 10.5 Å². The lowest BCUT2D eigenvalue weighted by atomic mass is 9.96. The average Bonchev–Trinajstić information content (AvgIpc) is 2.26. The van der Waals surface area contributed by atoms with E-state index in [4.69, 9.17) is 15.2 Å². The average molecular weight is 235 g/mol. The van der Waals surface area contributed by atoms with Crippen molar-refractivity contribution in [1.82, 2.24) is 0 Å². The predicted molar refractivity (Wildman–Crippen MR) is 68.3 cm³/mol. The lowest BCUT2D eigenvalue weighted by molar-refractivity contribution is -0.00466. The van der Waals surface area contributed by atoms with Crippen LogP contribution in [-0.4, -0.2) is 19.8 Å². The molecule has 0 spiro atoms. The van der Waals surface area contributed by atoms with Crippen molar-refractivity contribution < 1.29 is 9.47 Å². The summed E-state index contributed by atoms with van der Waals surface area (Å²) in [5.74, 6) is 0.848. The van der Waals surface area contributed by atoms with Crippen molar-refractivity contribution in [2.24, 2.45) is 5.73 Å². The lowest BCUT2D eigenvalue weighted by Crippen LogP contribution is -2.27. The standard InChI is InChI=1S/C14H21NO2/c1-10-6-7-14(16-2)12(8-10)13(15)9-17-11-4-3-5-11/h6-8,11,13H,3-5,9,15H2,1-2H3. The Morgan fingerprint density at radius 3 is 2.76 bits per heavy atom. The van der Waals surface area contributed by atoms with Crippen LogP contribution in [0, 0.1) is 6.92 Å². The maximum Gasteiger partial charge on any atom is 0.123 e. The molecular formula is C14H21NO2. The summed E-state index contributed by atoms with van der Waals surface area (Å²) in [7, 11) is 1.67. The van der Waals surface area contributed by atoms with Gasteiger partial charge in [0.2, 0.25) is 0 Å². The fourth-order valence-electron chi connectivity index (χ4n) is 2.01. The van der Waals surface area contributed by atoms with Crippen LogP contribution in [0.15, 0.2) is 18.2 Å². The molecule has 0 heterocycles. The molecule has 2 N–H and O–H groups in total. The zero-order chi connectivity index (χ0) is 12.3. The van der Waals surface area contributed by atoms with E-state index in [-0.39, 0.29) is 6.04 Å². The minimum absolute atomic E-state index is 0.106. The Hall–Kier alpha value is -1.06. The molecule has 3 nitrogen and oxygen atoms in total. The topological polar surface area (TPSA) is 44.5 Å². The molecule has 1 saturated carbocycles. The van der Waals surface area contributed by atoms with Crippen molar-refractivity contribution in [2.75, 3.05) is 13.7 Å². The van der Waals surface area contributed by atoms with Gasteiger partial charge in [0.05, 0.1) is 25.9 Å². The number of ether oxygens (including phenoxy) is 2. The van der Waals surface area contributed by atoms with E-state index in [1.165, 1.54) is 24.8 Å². The SMILES string of the molecule is COc1ccc(C)cc1C(N)COC1CCC1. The first-order valence-electron chi connectivity index (χ1n) is 6.22. The van der Waals surface area contributed by atoms with Crippen molar-refractivity contribution in [3.8, 4) is 5.75 Å². The first-order chi connectivity index (χ1) is 8.20. The van der Waals surface area contributed by atoms with Crippen molar-refractivity contribution in [3.63, 3.8) is 0 Å². The fourth-order valence-corrected chi connectivity index (χ4v) is 2.01. The van der Waals surface area contributed by atoms with E-state index >= 15 is 0 Å². The van der Waals surface area contributed by atoms with E-state index in [9.17, 15) is 0 Å². The second-order valence-corrected chi connectivity index (χ2v) is 4.74. The van der Waals surface area contributed by atoms with E-state index in [1.54, 1.807) is 7.11 Å². The number of hydrogen-bond donors (Lipinski definition) is 1. The lowest BCUT2D eigenvalue weighted by Gasteiger charge is -2.27. The number of benzene rings is 1. The smallest absolute Gasteiger partial charge is 0.123 e. The van der Waals surface area contributed by atoms with Gasteiger partial charge in [0.25, 0.3) is 0 Å². The Morgan fingerprint density at radius 1 is 1.41 bits per heavy atom. The minimum Gasteiger partial charge on any atom is -0.496 e. The van der Waals surface area contributed by atoms with Crippen molar-refractivity contribution in [1.29, 1.82) is 0 Å². The van der Waals surface area contributed by atoms with Gasteiger partial charge in [-0.15, -0.1) is 0 Å². The summed E-state index contributed by atoms with van der Waals surface area (Å²) in [5, 5.41) is 0. The molecule has 0 bridgehead atoms. The molecular weight excluding hydrogens is 214 g/mol. The van der Waals surface area contributed by atoms with Gasteiger partial charge in [-0.3, -0.25) is 0 Å². The summed E-state index contributed by atoms with van der Waals surface area (Å²) in [6.45, 7) is 2.63. The number of hydrogen-bond acceptors (Lipinski definition) is 3. The summed E-state index contributed by atoms with van der Waals surface area (Å²) in [6, 6.07) is 5.97. The van der Waals surface area contributed by atoms with Gasteiger partial charge < -0.3 is 15.2 Å². The summed E-state index contributed by atoms with van der Waals surface area (Å²) < 4.78 is 11.1. The van der Waals surface area contributed by atoms with Crippen LogP contribution in [0.3, 0.4) is 0 Å². The Labute approximate surface area is 103 Å². The molecule has 0 saturated heterocycles. The van der Waals surface area contributed by atoms with Crippen LogP contribution in [0.1, 0.15) is 36.4 Å². The van der Waals surface area contributed by atoms with Gasteiger partial charge in [0.1, 0.15) is 5.75 Å². The van der Waals surface area contributed by atoms with Crippen molar-refractivity contribution >= 4 is 0 Å². The van der Waals surface area contributed by atoms with Gasteiger partial charge in [-0.1, -0.05) is 17.7 Å². The normalized spacial score (nSPS) is 17.6. The third kappa shape index (κ3) is 2.99. The van der Waals surface area contributed by atoms with Gasteiger partial charge in [-0.05, 0) is 32.3 Å². The number of methoxy groups -OCH3 is 1. The molecule has 0 amide bonds. The van der Waals surface area contributed by atoms with Crippen molar-refractivity contribution in [2.45, 2.75) is 38.3 Å². The van der Waals surface area contributed by atoms with E-state index in [0.29, 0.717) is 12.7 Å². The molecule has 1 aliphatic rings. The predicted octanol–water partition coefficient (Wildman–Crippen LogP) is 2.57. The highest BCUT2D eigenvalue weighted by atomic mass is 16.5. The third-order valence-corrected chi connectivity index (χ3v) is 3.35. The molecule has 1 aromatic rings. The van der Waals surface area contributed by atoms with E-state index < -0.39 is 0 Å². The highest BCUT2D eigenvalue weighted by Crippen LogP contribution is 2.27. The Bertz CT molecular complexity index is 374. The van der Waals surface area contributed by atoms with Crippen LogP contribution in [0.5, 0.6) is 5.75 Å². The molecule has 3 heteroatoms. The summed E-state index contributed by atoms with van der Waals surface area (Å²) >= 11 is 0. The van der Waals surface area contributed by atoms with Gasteiger partial charge in [0, 0.05) is 5.56 Å². The summed E-state index contributed by atoms with van der Waals surface area (Å²) in [5.41, 5.74) is 8.39. The van der Waals surface area contributed by atoms with E-state index in [1.807, 2.05) is 12.1 Å². The molecule has 1 fully saturated rings. The molecule has 1 unspecified atom stereocenters. The molecule has 1 aromatic carbocycles. The number of aryl methyl sites for hydroxylation is 1. The van der Waals surface area contributed by atoms with Gasteiger partial charge in [-0.25, -0.2) is 0 Å². The maximum atomic E-state index is 6.16. The van der Waals surface area contributed by atoms with Gasteiger partial charge in [0.15, 0.2) is 0 Å². The summed E-state index contributed by atoms with van der Waals surface area (Å²) in [4.78, 5) is 0. The Morgan fingerprint density at radius 2 is 2.18 bits per heavy atom. The molecule has 0 aromatic heterocycles. The second-order valence-electron chi connectivity index (χ2n) is 4.74. The quantitative estimate of drug-likeness (QED) is 0.853. The van der Waals surface area contributed by atoms with Gasteiger partial charge in [-0.2, -0.15) is 0 Å². The highest BCUT2D eigenvalue weighted by Gasteiger charge is 2.20. The molecule has 94 valence electrons. The largest absolute Gasteiger partial charge is 0.496 e. The number of rotatable bonds is 5. The molecule has 0 aliphatic heterocycles. The molecule has 0 radical (unpaired) electrons. The van der Waals surface area contributed by atoms with Gasteiger partial charge >= 0.3 is 0 Å². The van der Waals surface area contributed by atoms with Crippen LogP contribution in [0.4, 0.5) is 0 Å². The first-order valence-corrected chi connectivity index (χ1v) is 6.22. The highest BCUT2D eigenvalue weighted by molar-refractivity contribution is 5.39. The third-order valence-electron chi connectivity index (χ3n) is 3.35. The monoisotopic (exact) mass is 235 g/mol. The fraction of sp³-hybridized carbons (Fsp3) is 0.571. The summed E-state index contributed by atoms with van der Waals surface area (Å²) in [6.07, 6.45) is 4.07. The second kappa shape index (κ2) is 5.52. The Kier molecular flexibility index (Phi) is 4.02. The van der Waals surface area contributed by atoms with Crippen molar-refractivity contribution in [3.05, 3.63) is 29.3 Å². The van der Waals surface area contributed by atoms with Crippen LogP contribution >= 0.6 is 0 Å². The van der Waals surface area contributed by atoms with Crippen LogP contribution in [0.25, 0.3) is 0 Å². The minimum atomic E-state index is -0.106. The number of nitrogens with two attached hydrogens (primary N) is 1. The zero-order valence-electron chi connectivity index (χ0n) is 10.6. The van der Waals surface area contributed by atoms with E-state index in [2.05, 4.69) is 13.0 Å². The van der Waals surface area contributed by atoms with E-state index in [0.717, 1.165) is 11.3 Å². The van der Waals surface area contributed by atoms with Crippen LogP contribution in [0.2, 0.25) is 0 Å².